The van der Waals surface area contributed by atoms with Gasteiger partial charge in [0.2, 0.25) is 0 Å². The molecule has 0 amide bonds. The Hall–Kier alpha value is -1.02. The maximum absolute atomic E-state index is 9.21. The number of aliphatic hydroxyl groups excluding tert-OH is 1. The number of aliphatic hydroxyl groups is 1. The normalized spacial score (nSPS) is 11.0. The average molecular weight is 349 g/mol. The van der Waals surface area contributed by atoms with Crippen molar-refractivity contribution < 1.29 is 9.84 Å². The molecule has 0 heterocycles. The molecule has 1 aromatic carbocycles. The molecule has 144 valence electrons. The zero-order valence-electron chi connectivity index (χ0n) is 16.9. The molecule has 1 aromatic rings. The minimum Gasteiger partial charge on any atom is -0.491 e. The number of unbranched alkanes of at least 4 members (excludes halogenated alkanes) is 6. The Morgan fingerprint density at radius 1 is 0.720 bits per heavy atom. The largest absolute Gasteiger partial charge is 0.491 e. The summed E-state index contributed by atoms with van der Waals surface area (Å²) in [5, 5.41) is 9.21. The zero-order chi connectivity index (χ0) is 18.3. The predicted molar refractivity (Wildman–Crippen MR) is 109 cm³/mol. The lowest BCUT2D eigenvalue weighted by molar-refractivity contribution is 0.199. The molecule has 2 heteroatoms. The fraction of sp³-hybridized carbons (Fsp3) is 0.739. The summed E-state index contributed by atoms with van der Waals surface area (Å²) < 4.78 is 6.01. The van der Waals surface area contributed by atoms with Crippen LogP contribution in [-0.4, -0.2) is 18.3 Å². The number of ether oxygens (including phenoxy) is 1. The lowest BCUT2D eigenvalue weighted by Crippen LogP contribution is -2.08. The summed E-state index contributed by atoms with van der Waals surface area (Å²) in [5.74, 6) is 1.07. The van der Waals surface area contributed by atoms with Gasteiger partial charge in [0.1, 0.15) is 12.4 Å². The lowest BCUT2D eigenvalue weighted by Gasteiger charge is -2.18. The van der Waals surface area contributed by atoms with Gasteiger partial charge in [-0.1, -0.05) is 71.4 Å². The first-order valence-corrected chi connectivity index (χ1v) is 10.6. The number of hydrogen-bond donors (Lipinski definition) is 1. The van der Waals surface area contributed by atoms with Crippen LogP contribution in [0.25, 0.3) is 0 Å². The van der Waals surface area contributed by atoms with Crippen LogP contribution in [0.1, 0.15) is 95.2 Å². The van der Waals surface area contributed by atoms with Gasteiger partial charge >= 0.3 is 0 Å². The van der Waals surface area contributed by atoms with Crippen LogP contribution in [-0.2, 0) is 19.3 Å². The van der Waals surface area contributed by atoms with Crippen molar-refractivity contribution in [2.75, 3.05) is 13.2 Å². The first kappa shape index (κ1) is 22.0. The summed E-state index contributed by atoms with van der Waals surface area (Å²) in [6.45, 7) is 7.25. The third-order valence-electron chi connectivity index (χ3n) is 4.81. The molecule has 0 radical (unpaired) electrons. The summed E-state index contributed by atoms with van der Waals surface area (Å²) in [4.78, 5) is 0. The third kappa shape index (κ3) is 8.76. The Balaban J connectivity index is 3.01. The highest BCUT2D eigenvalue weighted by Gasteiger charge is 2.13. The molecule has 0 unspecified atom stereocenters. The Morgan fingerprint density at radius 2 is 1.20 bits per heavy atom. The molecule has 1 N–H and O–H groups in total. The van der Waals surface area contributed by atoms with Crippen molar-refractivity contribution in [1.82, 2.24) is 0 Å². The van der Waals surface area contributed by atoms with Crippen molar-refractivity contribution in [3.05, 3.63) is 28.8 Å². The van der Waals surface area contributed by atoms with Crippen LogP contribution in [0.2, 0.25) is 0 Å². The summed E-state index contributed by atoms with van der Waals surface area (Å²) in [6.07, 6.45) is 14.7. The van der Waals surface area contributed by atoms with Crippen molar-refractivity contribution in [2.24, 2.45) is 0 Å². The Labute approximate surface area is 156 Å². The van der Waals surface area contributed by atoms with E-state index in [1.807, 2.05) is 0 Å². The topological polar surface area (TPSA) is 29.5 Å². The fourth-order valence-corrected chi connectivity index (χ4v) is 3.39. The van der Waals surface area contributed by atoms with E-state index in [1.54, 1.807) is 0 Å². The van der Waals surface area contributed by atoms with Gasteiger partial charge in [0.25, 0.3) is 0 Å². The minimum atomic E-state index is 0.0844. The maximum Gasteiger partial charge on any atom is 0.125 e. The van der Waals surface area contributed by atoms with Gasteiger partial charge in [-0.25, -0.2) is 0 Å². The molecule has 0 fully saturated rings. The van der Waals surface area contributed by atoms with Gasteiger partial charge in [-0.2, -0.15) is 0 Å². The van der Waals surface area contributed by atoms with Crippen LogP contribution in [0.4, 0.5) is 0 Å². The van der Waals surface area contributed by atoms with Gasteiger partial charge in [-0.15, -0.1) is 0 Å². The maximum atomic E-state index is 9.21. The molecule has 1 rings (SSSR count). The van der Waals surface area contributed by atoms with Gasteiger partial charge in [0.05, 0.1) is 6.61 Å². The molecule has 0 aliphatic heterocycles. The first-order chi connectivity index (χ1) is 12.3. The van der Waals surface area contributed by atoms with E-state index in [0.717, 1.165) is 18.6 Å². The minimum absolute atomic E-state index is 0.0844. The van der Waals surface area contributed by atoms with Gasteiger partial charge in [0, 0.05) is 0 Å². The van der Waals surface area contributed by atoms with Crippen LogP contribution in [0.3, 0.4) is 0 Å². The van der Waals surface area contributed by atoms with E-state index >= 15 is 0 Å². The zero-order valence-corrected chi connectivity index (χ0v) is 16.9. The summed E-state index contributed by atoms with van der Waals surface area (Å²) >= 11 is 0. The highest BCUT2D eigenvalue weighted by molar-refractivity contribution is 5.45. The third-order valence-corrected chi connectivity index (χ3v) is 4.81. The number of rotatable bonds is 15. The number of aryl methyl sites for hydroxylation is 3. The van der Waals surface area contributed by atoms with Gasteiger partial charge in [0.15, 0.2) is 0 Å². The number of benzene rings is 1. The monoisotopic (exact) mass is 348 g/mol. The van der Waals surface area contributed by atoms with E-state index in [0.29, 0.717) is 6.61 Å². The molecule has 25 heavy (non-hydrogen) atoms. The van der Waals surface area contributed by atoms with E-state index in [2.05, 4.69) is 32.9 Å². The Morgan fingerprint density at radius 3 is 1.64 bits per heavy atom. The Bertz CT molecular complexity index is 422. The van der Waals surface area contributed by atoms with Crippen molar-refractivity contribution in [1.29, 1.82) is 0 Å². The quantitative estimate of drug-likeness (QED) is 0.379. The van der Waals surface area contributed by atoms with Gasteiger partial charge in [-0.3, -0.25) is 0 Å². The summed E-state index contributed by atoms with van der Waals surface area (Å²) in [6, 6.07) is 4.75. The number of hydrogen-bond acceptors (Lipinski definition) is 2. The molecular weight excluding hydrogens is 308 g/mol. The molecule has 0 aliphatic carbocycles. The highest BCUT2D eigenvalue weighted by atomic mass is 16.5. The molecule has 0 aliphatic rings. The smallest absolute Gasteiger partial charge is 0.125 e. The predicted octanol–water partition coefficient (Wildman–Crippen LogP) is 6.26. The first-order valence-electron chi connectivity index (χ1n) is 10.6. The van der Waals surface area contributed by atoms with Crippen molar-refractivity contribution in [2.45, 2.75) is 97.8 Å². The molecule has 2 nitrogen and oxygen atoms in total. The van der Waals surface area contributed by atoms with Gasteiger partial charge in [-0.05, 0) is 55.2 Å². The van der Waals surface area contributed by atoms with Crippen LogP contribution >= 0.6 is 0 Å². The van der Waals surface area contributed by atoms with Crippen molar-refractivity contribution >= 4 is 0 Å². The molecule has 0 saturated heterocycles. The summed E-state index contributed by atoms with van der Waals surface area (Å²) in [5.41, 5.74) is 4.20. The highest BCUT2D eigenvalue weighted by Crippen LogP contribution is 2.30. The molecule has 0 spiro atoms. The van der Waals surface area contributed by atoms with E-state index in [1.165, 1.54) is 80.9 Å². The van der Waals surface area contributed by atoms with Crippen LogP contribution in [0, 0.1) is 0 Å². The van der Waals surface area contributed by atoms with E-state index in [4.69, 9.17) is 4.74 Å². The standard InChI is InChI=1S/C23H40O2/c1-4-7-10-13-20-18-21(14-11-8-5-2)23(25-17-16-24)22(19-20)15-12-9-6-3/h18-19,24H,4-17H2,1-3H3. The second-order valence-electron chi connectivity index (χ2n) is 7.19. The van der Waals surface area contributed by atoms with E-state index in [9.17, 15) is 5.11 Å². The van der Waals surface area contributed by atoms with E-state index < -0.39 is 0 Å². The van der Waals surface area contributed by atoms with Gasteiger partial charge < -0.3 is 9.84 Å². The van der Waals surface area contributed by atoms with Crippen molar-refractivity contribution in [3.8, 4) is 5.75 Å². The molecule has 0 atom stereocenters. The molecular formula is C23H40O2. The van der Waals surface area contributed by atoms with Crippen molar-refractivity contribution in [3.63, 3.8) is 0 Å². The van der Waals surface area contributed by atoms with Crippen LogP contribution < -0.4 is 4.74 Å². The molecule has 0 saturated carbocycles. The second kappa shape index (κ2) is 14.2. The molecule has 0 aromatic heterocycles. The summed E-state index contributed by atoms with van der Waals surface area (Å²) in [7, 11) is 0. The second-order valence-corrected chi connectivity index (χ2v) is 7.19. The molecule has 0 bridgehead atoms. The van der Waals surface area contributed by atoms with E-state index in [-0.39, 0.29) is 6.61 Å². The fourth-order valence-electron chi connectivity index (χ4n) is 3.39. The SMILES string of the molecule is CCCCCc1cc(CCCCC)c(OCCO)c(CCCCC)c1. The Kier molecular flexibility index (Phi) is 12.5. The lowest BCUT2D eigenvalue weighted by atomic mass is 9.94. The average Bonchev–Trinajstić information content (AvgIpc) is 2.61. The van der Waals surface area contributed by atoms with Crippen LogP contribution in [0.5, 0.6) is 5.75 Å². The van der Waals surface area contributed by atoms with Crippen LogP contribution in [0.15, 0.2) is 12.1 Å².